The van der Waals surface area contributed by atoms with E-state index in [9.17, 15) is 18.3 Å². The molecule has 1 aromatic carbocycles. The Bertz CT molecular complexity index is 613. The summed E-state index contributed by atoms with van der Waals surface area (Å²) < 4.78 is 38.5. The van der Waals surface area contributed by atoms with Crippen molar-refractivity contribution in [3.8, 4) is 6.07 Å². The van der Waals surface area contributed by atoms with Crippen molar-refractivity contribution < 1.29 is 18.3 Å². The van der Waals surface area contributed by atoms with Gasteiger partial charge in [0, 0.05) is 12.2 Å². The first-order valence-electron chi connectivity index (χ1n) is 6.54. The molecule has 1 aliphatic carbocycles. The Hall–Kier alpha value is -1.45. The number of nitrogens with zero attached hydrogens (tertiary/aromatic N) is 2. The van der Waals surface area contributed by atoms with E-state index in [0.717, 1.165) is 6.42 Å². The van der Waals surface area contributed by atoms with Crippen LogP contribution in [0.3, 0.4) is 0 Å². The van der Waals surface area contributed by atoms with Gasteiger partial charge in [0.25, 0.3) is 0 Å². The maximum Gasteiger partial charge on any atom is 0.416 e. The molecule has 3 nitrogen and oxygen atoms in total. The lowest BCUT2D eigenvalue weighted by molar-refractivity contribution is -0.210. The number of alkyl halides is 3. The van der Waals surface area contributed by atoms with Crippen LogP contribution in [0.1, 0.15) is 12.0 Å². The maximum atomic E-state index is 12.8. The first-order chi connectivity index (χ1) is 9.82. The van der Waals surface area contributed by atoms with E-state index in [0.29, 0.717) is 12.2 Å². The first-order valence-corrected chi connectivity index (χ1v) is 6.92. The van der Waals surface area contributed by atoms with E-state index in [1.54, 1.807) is 11.0 Å². The van der Waals surface area contributed by atoms with Crippen molar-refractivity contribution in [2.75, 3.05) is 11.4 Å². The van der Waals surface area contributed by atoms with E-state index < -0.39 is 18.3 Å². The molecular formula is C14H12ClF3N2O. The third kappa shape index (κ3) is 2.45. The van der Waals surface area contributed by atoms with Gasteiger partial charge < -0.3 is 10.0 Å². The molecule has 1 aromatic rings. The van der Waals surface area contributed by atoms with Gasteiger partial charge in [-0.3, -0.25) is 0 Å². The second-order valence-corrected chi connectivity index (χ2v) is 5.97. The summed E-state index contributed by atoms with van der Waals surface area (Å²) in [7, 11) is 0. The summed E-state index contributed by atoms with van der Waals surface area (Å²) in [6.45, 7) is 0.477. The summed E-state index contributed by atoms with van der Waals surface area (Å²) in [5.74, 6) is 0.0671. The molecule has 1 N–H and O–H groups in total. The van der Waals surface area contributed by atoms with E-state index in [4.69, 9.17) is 16.9 Å². The molecule has 2 fully saturated rings. The number of anilines is 1. The summed E-state index contributed by atoms with van der Waals surface area (Å²) in [5.41, 5.74) is 0.789. The van der Waals surface area contributed by atoms with Gasteiger partial charge >= 0.3 is 6.18 Å². The molecular weight excluding hydrogens is 305 g/mol. The second kappa shape index (κ2) is 4.79. The molecule has 0 unspecified atom stereocenters. The van der Waals surface area contributed by atoms with Crippen LogP contribution in [0.4, 0.5) is 18.9 Å². The maximum absolute atomic E-state index is 12.8. The summed E-state index contributed by atoms with van der Waals surface area (Å²) in [6, 6.07) is 5.48. The molecule has 1 aliphatic heterocycles. The third-order valence-electron chi connectivity index (χ3n) is 4.27. The van der Waals surface area contributed by atoms with Gasteiger partial charge in [0.1, 0.15) is 6.07 Å². The average molecular weight is 317 g/mol. The Morgan fingerprint density at radius 1 is 1.43 bits per heavy atom. The van der Waals surface area contributed by atoms with Crippen molar-refractivity contribution in [1.82, 2.24) is 0 Å². The van der Waals surface area contributed by atoms with Crippen molar-refractivity contribution in [2.24, 2.45) is 11.8 Å². The van der Waals surface area contributed by atoms with Crippen molar-refractivity contribution in [3.63, 3.8) is 0 Å². The lowest BCUT2D eigenvalue weighted by Crippen LogP contribution is -2.49. The Balaban J connectivity index is 1.91. The Morgan fingerprint density at radius 3 is 2.71 bits per heavy atom. The standard InChI is InChI=1S/C14H12ClF3N2O/c15-11-4-9(2-1-7(11)5-19)20-6-8-3-10(8)12(20)13(21)14(16,17)18/h1-2,4,8,10,12-13,21H,3,6H2/t8-,10-,12-,13+/m1/s1. The van der Waals surface area contributed by atoms with Gasteiger partial charge in [0.05, 0.1) is 16.6 Å². The minimum atomic E-state index is -4.64. The summed E-state index contributed by atoms with van der Waals surface area (Å²) in [6.07, 6.45) is -6.29. The van der Waals surface area contributed by atoms with Gasteiger partial charge in [-0.05, 0) is 36.5 Å². The molecule has 1 saturated heterocycles. The molecule has 0 bridgehead atoms. The Morgan fingerprint density at radius 2 is 2.14 bits per heavy atom. The van der Waals surface area contributed by atoms with Gasteiger partial charge in [0.2, 0.25) is 0 Å². The molecule has 1 saturated carbocycles. The Labute approximate surface area is 124 Å². The number of benzene rings is 1. The third-order valence-corrected chi connectivity index (χ3v) is 4.58. The predicted molar refractivity (Wildman–Crippen MR) is 71.0 cm³/mol. The van der Waals surface area contributed by atoms with Crippen LogP contribution in [-0.4, -0.2) is 30.0 Å². The highest BCUT2D eigenvalue weighted by atomic mass is 35.5. The zero-order chi connectivity index (χ0) is 15.4. The summed E-state index contributed by atoms with van der Waals surface area (Å²) in [4.78, 5) is 1.56. The highest BCUT2D eigenvalue weighted by Crippen LogP contribution is 2.53. The molecule has 21 heavy (non-hydrogen) atoms. The number of piperidine rings is 1. The highest BCUT2D eigenvalue weighted by Gasteiger charge is 2.60. The normalized spacial score (nSPS) is 29.0. The highest BCUT2D eigenvalue weighted by molar-refractivity contribution is 6.32. The Kier molecular flexibility index (Phi) is 3.30. The van der Waals surface area contributed by atoms with Gasteiger partial charge in [-0.25, -0.2) is 0 Å². The molecule has 4 atom stereocenters. The molecule has 1 heterocycles. The number of hydrogen-bond acceptors (Lipinski definition) is 3. The van der Waals surface area contributed by atoms with Crippen LogP contribution in [0.2, 0.25) is 5.02 Å². The van der Waals surface area contributed by atoms with Crippen molar-refractivity contribution in [2.45, 2.75) is 24.7 Å². The number of aliphatic hydroxyl groups excluding tert-OH is 1. The van der Waals surface area contributed by atoms with Gasteiger partial charge in [-0.2, -0.15) is 18.4 Å². The zero-order valence-corrected chi connectivity index (χ0v) is 11.6. The minimum Gasteiger partial charge on any atom is -0.382 e. The monoisotopic (exact) mass is 316 g/mol. The molecule has 3 rings (SSSR count). The fraction of sp³-hybridized carbons (Fsp3) is 0.500. The van der Waals surface area contributed by atoms with Crippen LogP contribution in [0.25, 0.3) is 0 Å². The van der Waals surface area contributed by atoms with Gasteiger partial charge in [-0.15, -0.1) is 0 Å². The number of nitriles is 1. The van der Waals surface area contributed by atoms with Crippen LogP contribution in [0.5, 0.6) is 0 Å². The molecule has 0 spiro atoms. The van der Waals surface area contributed by atoms with E-state index in [1.165, 1.54) is 12.1 Å². The fourth-order valence-electron chi connectivity index (χ4n) is 3.15. The number of rotatable bonds is 2. The van der Waals surface area contributed by atoms with E-state index >= 15 is 0 Å². The smallest absolute Gasteiger partial charge is 0.382 e. The summed E-state index contributed by atoms with van der Waals surface area (Å²) in [5, 5.41) is 18.7. The lowest BCUT2D eigenvalue weighted by Gasteiger charge is -2.34. The SMILES string of the molecule is N#Cc1ccc(N2C[C@H]3C[C@H]3[C@@H]2[C@H](O)C(F)(F)F)cc1Cl. The lowest BCUT2D eigenvalue weighted by atomic mass is 10.0. The molecule has 2 aliphatic rings. The van der Waals surface area contributed by atoms with E-state index in [1.807, 2.05) is 6.07 Å². The average Bonchev–Trinajstić information content (AvgIpc) is 3.08. The molecule has 112 valence electrons. The fourth-order valence-corrected chi connectivity index (χ4v) is 3.37. The van der Waals surface area contributed by atoms with Gasteiger partial charge in [-0.1, -0.05) is 11.6 Å². The van der Waals surface area contributed by atoms with Gasteiger partial charge in [0.15, 0.2) is 6.10 Å². The molecule has 7 heteroatoms. The zero-order valence-electron chi connectivity index (χ0n) is 10.8. The summed E-state index contributed by atoms with van der Waals surface area (Å²) >= 11 is 5.94. The molecule has 0 radical (unpaired) electrons. The second-order valence-electron chi connectivity index (χ2n) is 5.56. The van der Waals surface area contributed by atoms with Crippen molar-refractivity contribution >= 4 is 17.3 Å². The van der Waals surface area contributed by atoms with Crippen LogP contribution >= 0.6 is 11.6 Å². The number of aliphatic hydroxyl groups is 1. The van der Waals surface area contributed by atoms with E-state index in [-0.39, 0.29) is 22.4 Å². The van der Waals surface area contributed by atoms with Crippen molar-refractivity contribution in [3.05, 3.63) is 28.8 Å². The van der Waals surface area contributed by atoms with Crippen LogP contribution in [0.15, 0.2) is 18.2 Å². The first kappa shape index (κ1) is 14.5. The number of hydrogen-bond donors (Lipinski definition) is 1. The quantitative estimate of drug-likeness (QED) is 0.912. The van der Waals surface area contributed by atoms with Crippen molar-refractivity contribution in [1.29, 1.82) is 5.26 Å². The topological polar surface area (TPSA) is 47.3 Å². The van der Waals surface area contributed by atoms with Crippen LogP contribution in [-0.2, 0) is 0 Å². The number of halogens is 4. The molecule has 0 amide bonds. The largest absolute Gasteiger partial charge is 0.416 e. The minimum absolute atomic E-state index is 0.129. The predicted octanol–water partition coefficient (Wildman–Crippen LogP) is 2.96. The number of fused-ring (bicyclic) bond motifs is 1. The van der Waals surface area contributed by atoms with E-state index in [2.05, 4.69) is 0 Å². The van der Waals surface area contributed by atoms with Crippen LogP contribution < -0.4 is 4.90 Å². The van der Waals surface area contributed by atoms with Crippen LogP contribution in [0, 0.1) is 23.2 Å². The molecule has 0 aromatic heterocycles.